The van der Waals surface area contributed by atoms with Gasteiger partial charge in [0.2, 0.25) is 0 Å². The van der Waals surface area contributed by atoms with E-state index in [1.807, 2.05) is 4.98 Å². The van der Waals surface area contributed by atoms with Crippen LogP contribution in [0.2, 0.25) is 0 Å². The molecule has 1 heterocycles. The van der Waals surface area contributed by atoms with Gasteiger partial charge in [-0.2, -0.15) is 8.78 Å². The van der Waals surface area contributed by atoms with Crippen molar-refractivity contribution >= 4 is 22.4 Å². The quantitative estimate of drug-likeness (QED) is 0.828. The summed E-state index contributed by atoms with van der Waals surface area (Å²) in [5.74, 6) is -5.24. The number of Topliss-reactive ketones (excluding diaryl/α,β-unsaturated/α-hetero) is 1. The number of halogens is 3. The fraction of sp³-hybridized carbons (Fsp3) is 0.471. The van der Waals surface area contributed by atoms with Crippen LogP contribution in [0.3, 0.4) is 0 Å². The zero-order valence-electron chi connectivity index (χ0n) is 14.5. The molecule has 2 N–H and O–H groups in total. The van der Waals surface area contributed by atoms with E-state index < -0.39 is 40.6 Å². The van der Waals surface area contributed by atoms with E-state index in [9.17, 15) is 22.8 Å². The van der Waals surface area contributed by atoms with Crippen molar-refractivity contribution < 1.29 is 18.0 Å². The number of H-pyrrole nitrogens is 1. The van der Waals surface area contributed by atoms with Crippen LogP contribution in [0.5, 0.6) is 0 Å². The van der Waals surface area contributed by atoms with Gasteiger partial charge in [0.1, 0.15) is 5.52 Å². The molecule has 0 fully saturated rings. The first-order valence-corrected chi connectivity index (χ1v) is 7.95. The monoisotopic (exact) mass is 355 g/mol. The van der Waals surface area contributed by atoms with Crippen molar-refractivity contribution in [1.29, 1.82) is 0 Å². The predicted molar refractivity (Wildman–Crippen MR) is 89.5 cm³/mol. The lowest BCUT2D eigenvalue weighted by molar-refractivity contribution is -0.122. The third-order valence-corrected chi connectivity index (χ3v) is 4.03. The van der Waals surface area contributed by atoms with E-state index in [0.29, 0.717) is 0 Å². The van der Waals surface area contributed by atoms with E-state index in [1.54, 1.807) is 20.8 Å². The fourth-order valence-electron chi connectivity index (χ4n) is 2.49. The Morgan fingerprint density at radius 1 is 1.28 bits per heavy atom. The predicted octanol–water partition coefficient (Wildman–Crippen LogP) is 3.73. The zero-order chi connectivity index (χ0) is 19.0. The molecule has 0 saturated heterocycles. The number of hydrogen-bond acceptors (Lipinski definition) is 4. The summed E-state index contributed by atoms with van der Waals surface area (Å²) in [6, 6.07) is 2.33. The van der Waals surface area contributed by atoms with Crippen LogP contribution in [0.1, 0.15) is 46.4 Å². The Bertz CT molecular complexity index is 875. The molecule has 5 nitrogen and oxygen atoms in total. The average molecular weight is 355 g/mol. The number of carbonyl (C=O) groups is 1. The molecule has 136 valence electrons. The average Bonchev–Trinajstić information content (AvgIpc) is 2.54. The van der Waals surface area contributed by atoms with Gasteiger partial charge in [0, 0.05) is 18.5 Å². The maximum Gasteiger partial charge on any atom is 0.304 e. The van der Waals surface area contributed by atoms with Crippen molar-refractivity contribution in [1.82, 2.24) is 9.97 Å². The van der Waals surface area contributed by atoms with Crippen LogP contribution >= 0.6 is 0 Å². The lowest BCUT2D eigenvalue weighted by atomic mass is 9.96. The van der Waals surface area contributed by atoms with Gasteiger partial charge in [-0.3, -0.25) is 9.59 Å². The van der Waals surface area contributed by atoms with Crippen LogP contribution in [-0.2, 0) is 10.7 Å². The highest BCUT2D eigenvalue weighted by molar-refractivity contribution is 5.91. The van der Waals surface area contributed by atoms with Gasteiger partial charge in [0.05, 0.1) is 10.9 Å². The first kappa shape index (κ1) is 19.0. The summed E-state index contributed by atoms with van der Waals surface area (Å²) in [5, 5.41) is 2.70. The molecule has 2 aromatic rings. The van der Waals surface area contributed by atoms with E-state index in [2.05, 4.69) is 10.3 Å². The lowest BCUT2D eigenvalue weighted by Crippen LogP contribution is -2.39. The number of carbonyl (C=O) groups excluding carboxylic acids is 1. The van der Waals surface area contributed by atoms with Gasteiger partial charge in [-0.05, 0) is 26.0 Å². The molecule has 0 aliphatic rings. The van der Waals surface area contributed by atoms with Crippen LogP contribution in [0.25, 0.3) is 10.9 Å². The summed E-state index contributed by atoms with van der Waals surface area (Å²) in [6.45, 7) is 6.21. The summed E-state index contributed by atoms with van der Waals surface area (Å²) >= 11 is 0. The molecule has 1 aromatic heterocycles. The number of nitrogens with zero attached hydrogens (tertiary/aromatic N) is 1. The first-order chi connectivity index (χ1) is 11.5. The molecule has 8 heteroatoms. The van der Waals surface area contributed by atoms with E-state index >= 15 is 0 Å². The Hall–Kier alpha value is -2.38. The van der Waals surface area contributed by atoms with Crippen LogP contribution in [-0.4, -0.2) is 21.3 Å². The van der Waals surface area contributed by atoms with Gasteiger partial charge >= 0.3 is 5.92 Å². The standard InChI is InChI=1S/C17H20F3N3O2/c1-5-12(24)16(3,4)23-9-7-10-13(11(18)8-9)21-15(22-14(10)25)17(19,20)6-2/h7-8,23H,5-6H2,1-4H3,(H,21,22,25). The highest BCUT2D eigenvalue weighted by atomic mass is 19.3. The Labute approximate surface area is 142 Å². The number of alkyl halides is 2. The Kier molecular flexibility index (Phi) is 4.92. The van der Waals surface area contributed by atoms with Gasteiger partial charge in [-0.15, -0.1) is 0 Å². The van der Waals surface area contributed by atoms with Crippen molar-refractivity contribution in [2.75, 3.05) is 5.32 Å². The minimum atomic E-state index is -3.35. The lowest BCUT2D eigenvalue weighted by Gasteiger charge is -2.25. The normalized spacial score (nSPS) is 12.4. The fourth-order valence-corrected chi connectivity index (χ4v) is 2.49. The molecular formula is C17H20F3N3O2. The Morgan fingerprint density at radius 3 is 2.48 bits per heavy atom. The summed E-state index contributed by atoms with van der Waals surface area (Å²) < 4.78 is 41.9. The maximum absolute atomic E-state index is 14.4. The second-order valence-corrected chi connectivity index (χ2v) is 6.35. The van der Waals surface area contributed by atoms with Crippen molar-refractivity contribution in [3.05, 3.63) is 34.1 Å². The van der Waals surface area contributed by atoms with Gasteiger partial charge in [0.15, 0.2) is 17.4 Å². The number of aromatic amines is 1. The van der Waals surface area contributed by atoms with Gasteiger partial charge in [0.25, 0.3) is 5.56 Å². The van der Waals surface area contributed by atoms with Gasteiger partial charge in [-0.1, -0.05) is 13.8 Å². The minimum Gasteiger partial charge on any atom is -0.373 e. The number of anilines is 1. The topological polar surface area (TPSA) is 74.8 Å². The van der Waals surface area contributed by atoms with Crippen molar-refractivity contribution in [2.45, 2.75) is 52.0 Å². The molecular weight excluding hydrogens is 335 g/mol. The third kappa shape index (κ3) is 3.67. The molecule has 0 atom stereocenters. The molecule has 25 heavy (non-hydrogen) atoms. The molecule has 0 amide bonds. The Balaban J connectivity index is 2.57. The van der Waals surface area contributed by atoms with Crippen LogP contribution in [0.4, 0.5) is 18.9 Å². The second kappa shape index (κ2) is 6.50. The summed E-state index contributed by atoms with van der Waals surface area (Å²) in [5.41, 5.74) is -2.07. The largest absolute Gasteiger partial charge is 0.373 e. The van der Waals surface area contributed by atoms with E-state index in [0.717, 1.165) is 6.07 Å². The third-order valence-electron chi connectivity index (χ3n) is 4.03. The molecule has 0 unspecified atom stereocenters. The van der Waals surface area contributed by atoms with Crippen molar-refractivity contribution in [2.24, 2.45) is 0 Å². The van der Waals surface area contributed by atoms with E-state index in [-0.39, 0.29) is 23.3 Å². The number of nitrogens with one attached hydrogen (secondary N) is 2. The highest BCUT2D eigenvalue weighted by Crippen LogP contribution is 2.29. The first-order valence-electron chi connectivity index (χ1n) is 7.95. The number of rotatable bonds is 6. The SMILES string of the molecule is CCC(=O)C(C)(C)Nc1cc(F)c2nc(C(F)(F)CC)[nH]c(=O)c2c1. The van der Waals surface area contributed by atoms with Crippen molar-refractivity contribution in [3.63, 3.8) is 0 Å². The van der Waals surface area contributed by atoms with Crippen LogP contribution < -0.4 is 10.9 Å². The number of hydrogen-bond donors (Lipinski definition) is 2. The van der Waals surface area contributed by atoms with Crippen LogP contribution in [0, 0.1) is 5.82 Å². The molecule has 0 radical (unpaired) electrons. The number of benzene rings is 1. The summed E-state index contributed by atoms with van der Waals surface area (Å²) in [4.78, 5) is 29.7. The smallest absolute Gasteiger partial charge is 0.304 e. The van der Waals surface area contributed by atoms with E-state index in [1.165, 1.54) is 13.0 Å². The molecule has 0 saturated carbocycles. The summed E-state index contributed by atoms with van der Waals surface area (Å²) in [7, 11) is 0. The number of fused-ring (bicyclic) bond motifs is 1. The maximum atomic E-state index is 14.4. The van der Waals surface area contributed by atoms with Crippen molar-refractivity contribution in [3.8, 4) is 0 Å². The zero-order valence-corrected chi connectivity index (χ0v) is 14.5. The molecule has 0 spiro atoms. The molecule has 1 aromatic carbocycles. The number of ketones is 1. The molecule has 0 aliphatic carbocycles. The molecule has 0 aliphatic heterocycles. The van der Waals surface area contributed by atoms with Crippen LogP contribution in [0.15, 0.2) is 16.9 Å². The summed E-state index contributed by atoms with van der Waals surface area (Å²) in [6.07, 6.45) is -0.288. The van der Waals surface area contributed by atoms with Gasteiger partial charge in [-0.25, -0.2) is 9.37 Å². The van der Waals surface area contributed by atoms with E-state index in [4.69, 9.17) is 0 Å². The second-order valence-electron chi connectivity index (χ2n) is 6.35. The number of aromatic nitrogens is 2. The minimum absolute atomic E-state index is 0.0991. The molecule has 0 bridgehead atoms. The molecule has 2 rings (SSSR count). The Morgan fingerprint density at radius 2 is 1.92 bits per heavy atom. The highest BCUT2D eigenvalue weighted by Gasteiger charge is 2.33. The van der Waals surface area contributed by atoms with Gasteiger partial charge < -0.3 is 10.3 Å².